The monoisotopic (exact) mass is 832 g/mol. The van der Waals surface area contributed by atoms with Gasteiger partial charge in [-0.15, -0.1) is 0 Å². The van der Waals surface area contributed by atoms with Crippen molar-refractivity contribution in [2.24, 2.45) is 41.4 Å². The molecule has 18 heteroatoms. The van der Waals surface area contributed by atoms with Crippen LogP contribution in [-0.2, 0) is 80.9 Å². The van der Waals surface area contributed by atoms with E-state index in [-0.39, 0.29) is 0 Å². The molecule has 0 radical (unpaired) electrons. The molecule has 2 aliphatic heterocycles. The Morgan fingerprint density at radius 1 is 0.397 bits per heavy atom. The second-order valence-corrected chi connectivity index (χ2v) is 16.6. The number of aliphatic hydroxyl groups is 1. The van der Waals surface area contributed by atoms with Gasteiger partial charge in [0.25, 0.3) is 0 Å². The first kappa shape index (κ1) is 50.3. The highest BCUT2D eigenvalue weighted by Gasteiger charge is 2.58. The van der Waals surface area contributed by atoms with Gasteiger partial charge in [-0.25, -0.2) is 0 Å². The summed E-state index contributed by atoms with van der Waals surface area (Å²) in [5, 5.41) is 11.2. The zero-order valence-electron chi connectivity index (χ0n) is 36.1. The van der Waals surface area contributed by atoms with Gasteiger partial charge in [0.2, 0.25) is 0 Å². The minimum absolute atomic E-state index is 0.580. The van der Waals surface area contributed by atoms with Gasteiger partial charge in [0, 0.05) is 0 Å². The number of aliphatic hydroxyl groups excluding tert-OH is 1. The van der Waals surface area contributed by atoms with Crippen molar-refractivity contribution in [2.75, 3.05) is 13.2 Å². The number of carbonyl (C=O) groups is 7. The Labute approximate surface area is 340 Å². The topological polar surface area (TPSA) is 232 Å². The van der Waals surface area contributed by atoms with Crippen LogP contribution in [0, 0.1) is 41.4 Å². The number of hydrogen-bond donors (Lipinski definition) is 1. The Hall–Kier alpha value is -3.87. The predicted molar refractivity (Wildman–Crippen MR) is 200 cm³/mol. The van der Waals surface area contributed by atoms with E-state index in [1.54, 1.807) is 55.4 Å². The van der Waals surface area contributed by atoms with Crippen molar-refractivity contribution in [2.45, 2.75) is 158 Å². The zero-order chi connectivity index (χ0) is 44.3. The molecule has 0 saturated carbocycles. The van der Waals surface area contributed by atoms with Crippen molar-refractivity contribution in [3.05, 3.63) is 0 Å². The number of rotatable bonds is 18. The van der Waals surface area contributed by atoms with Gasteiger partial charge in [-0.1, -0.05) is 96.9 Å². The van der Waals surface area contributed by atoms with Gasteiger partial charge in [-0.2, -0.15) is 0 Å². The Balaban J connectivity index is 2.93. The summed E-state index contributed by atoms with van der Waals surface area (Å²) in [6, 6.07) is 0. The van der Waals surface area contributed by atoms with Gasteiger partial charge in [0.05, 0.1) is 41.4 Å². The largest absolute Gasteiger partial charge is 0.463 e. The van der Waals surface area contributed by atoms with Crippen molar-refractivity contribution in [1.29, 1.82) is 0 Å². The number of hydrogen-bond acceptors (Lipinski definition) is 18. The van der Waals surface area contributed by atoms with Crippen LogP contribution in [0.2, 0.25) is 0 Å². The van der Waals surface area contributed by atoms with E-state index in [4.69, 9.17) is 47.4 Å². The second-order valence-electron chi connectivity index (χ2n) is 16.6. The Morgan fingerprint density at radius 2 is 0.690 bits per heavy atom. The Bertz CT molecular complexity index is 1420. The molecule has 10 atom stereocenters. The second kappa shape index (κ2) is 22.5. The molecule has 0 spiro atoms. The lowest BCUT2D eigenvalue weighted by molar-refractivity contribution is -0.358. The molecule has 332 valence electrons. The lowest BCUT2D eigenvalue weighted by Gasteiger charge is -2.48. The van der Waals surface area contributed by atoms with Crippen LogP contribution in [-0.4, -0.2) is 122 Å². The molecular weight excluding hydrogens is 768 g/mol. The Morgan fingerprint density at radius 3 is 1.05 bits per heavy atom. The summed E-state index contributed by atoms with van der Waals surface area (Å²) in [4.78, 5) is 91.6. The van der Waals surface area contributed by atoms with E-state index in [0.29, 0.717) is 0 Å². The summed E-state index contributed by atoms with van der Waals surface area (Å²) < 4.78 is 58.9. The van der Waals surface area contributed by atoms with Crippen molar-refractivity contribution < 1.29 is 86.0 Å². The van der Waals surface area contributed by atoms with Crippen LogP contribution in [0.5, 0.6) is 0 Å². The summed E-state index contributed by atoms with van der Waals surface area (Å²) in [7, 11) is 0. The summed E-state index contributed by atoms with van der Waals surface area (Å²) in [6.07, 6.45) is -16.8. The molecule has 0 unspecified atom stereocenters. The molecule has 2 rings (SSSR count). The zero-order valence-corrected chi connectivity index (χ0v) is 36.1. The molecule has 0 aromatic carbocycles. The maximum Gasteiger partial charge on any atom is 0.308 e. The summed E-state index contributed by atoms with van der Waals surface area (Å²) in [5.74, 6) is -10.2. The lowest BCUT2D eigenvalue weighted by Crippen LogP contribution is -2.67. The van der Waals surface area contributed by atoms with E-state index in [1.807, 2.05) is 0 Å². The smallest absolute Gasteiger partial charge is 0.308 e. The van der Waals surface area contributed by atoms with Crippen LogP contribution in [0.3, 0.4) is 0 Å². The van der Waals surface area contributed by atoms with E-state index in [9.17, 15) is 38.7 Å². The summed E-state index contributed by atoms with van der Waals surface area (Å²) in [6.45, 7) is 20.6. The van der Waals surface area contributed by atoms with Crippen molar-refractivity contribution >= 4 is 41.8 Å². The van der Waals surface area contributed by atoms with Crippen molar-refractivity contribution in [3.8, 4) is 0 Å². The number of esters is 7. The Kier molecular flexibility index (Phi) is 19.5. The maximum absolute atomic E-state index is 13.4. The van der Waals surface area contributed by atoms with Crippen molar-refractivity contribution in [3.63, 3.8) is 0 Å². The van der Waals surface area contributed by atoms with Gasteiger partial charge in [-0.3, -0.25) is 33.6 Å². The van der Waals surface area contributed by atoms with Crippen LogP contribution < -0.4 is 0 Å². The third kappa shape index (κ3) is 14.2. The molecule has 2 heterocycles. The molecular formula is C40H64O18. The molecule has 58 heavy (non-hydrogen) atoms. The van der Waals surface area contributed by atoms with Crippen LogP contribution in [0.15, 0.2) is 0 Å². The fraction of sp³-hybridized carbons (Fsp3) is 0.825. The highest BCUT2D eigenvalue weighted by atomic mass is 16.8. The SMILES string of the molecule is CC(C)C(=O)OC[C@H]1O[C@@H](O[C@H]2[C@H](OC(=O)C(C)C)[C@@H](OC(=O)C(C)C)[C@@H](O)O[C@@H]2COC(=O)C(C)C)[C@H](OC(=O)C(C)C)[C@@H](OC(=O)C(C)C)[C@H]1OC(=O)C(C)C. The minimum Gasteiger partial charge on any atom is -0.463 e. The third-order valence-corrected chi connectivity index (χ3v) is 8.83. The van der Waals surface area contributed by atoms with Gasteiger partial charge in [0.15, 0.2) is 43.1 Å². The van der Waals surface area contributed by atoms with Gasteiger partial charge >= 0.3 is 41.8 Å². The van der Waals surface area contributed by atoms with Crippen LogP contribution in [0.25, 0.3) is 0 Å². The van der Waals surface area contributed by atoms with Gasteiger partial charge in [-0.05, 0) is 0 Å². The third-order valence-electron chi connectivity index (χ3n) is 8.83. The fourth-order valence-electron chi connectivity index (χ4n) is 5.14. The summed E-state index contributed by atoms with van der Waals surface area (Å²) in [5.41, 5.74) is 0. The minimum atomic E-state index is -1.94. The molecule has 0 bridgehead atoms. The quantitative estimate of drug-likeness (QED) is 0.154. The highest BCUT2D eigenvalue weighted by Crippen LogP contribution is 2.36. The molecule has 0 amide bonds. The molecule has 2 aliphatic rings. The molecule has 18 nitrogen and oxygen atoms in total. The first-order valence-corrected chi connectivity index (χ1v) is 19.9. The molecule has 0 aromatic heterocycles. The lowest BCUT2D eigenvalue weighted by atomic mass is 9.95. The first-order chi connectivity index (χ1) is 26.9. The molecule has 2 saturated heterocycles. The molecule has 0 aromatic rings. The average molecular weight is 833 g/mol. The summed E-state index contributed by atoms with van der Waals surface area (Å²) >= 11 is 0. The van der Waals surface area contributed by atoms with E-state index in [2.05, 4.69) is 0 Å². The van der Waals surface area contributed by atoms with Crippen LogP contribution >= 0.6 is 0 Å². The molecule has 0 aliphatic carbocycles. The van der Waals surface area contributed by atoms with Crippen LogP contribution in [0.4, 0.5) is 0 Å². The first-order valence-electron chi connectivity index (χ1n) is 19.9. The van der Waals surface area contributed by atoms with Gasteiger partial charge in [0.1, 0.15) is 31.5 Å². The normalized spacial score (nSPS) is 27.5. The highest BCUT2D eigenvalue weighted by molar-refractivity contribution is 5.75. The predicted octanol–water partition coefficient (Wildman–Crippen LogP) is 3.05. The molecule has 2 fully saturated rings. The van der Waals surface area contributed by atoms with E-state index >= 15 is 0 Å². The standard InChI is InChI=1S/C40H64O18/c1-17(2)32(41)49-15-24-27(28(54-35(44)20(7)8)30(39(48)51-24)56-37(46)22(11)12)58-40-31(57-38(47)23(13)14)29(55-36(45)21(9)10)26(53-34(43)19(5)6)25(52-40)16-50-33(42)18(3)4/h17-31,39-40,48H,15-16H2,1-14H3/t24-,25-,26+,27-,28+,29+,30-,31-,39+,40+/m1/s1. The van der Waals surface area contributed by atoms with Crippen LogP contribution in [0.1, 0.15) is 96.9 Å². The van der Waals surface area contributed by atoms with E-state index in [0.717, 1.165) is 0 Å². The fourth-order valence-corrected chi connectivity index (χ4v) is 5.14. The van der Waals surface area contributed by atoms with Crippen molar-refractivity contribution in [1.82, 2.24) is 0 Å². The molecule has 1 N–H and O–H groups in total. The van der Waals surface area contributed by atoms with E-state index < -0.39 is 158 Å². The van der Waals surface area contributed by atoms with E-state index in [1.165, 1.54) is 41.5 Å². The average Bonchev–Trinajstić information content (AvgIpc) is 3.13. The van der Waals surface area contributed by atoms with Gasteiger partial charge < -0.3 is 52.5 Å². The number of carbonyl (C=O) groups excluding carboxylic acids is 7. The maximum atomic E-state index is 13.4. The number of ether oxygens (including phenoxy) is 10.